The first-order valence-electron chi connectivity index (χ1n) is 8.33. The Bertz CT molecular complexity index is 1290. The van der Waals surface area contributed by atoms with Gasteiger partial charge in [0.1, 0.15) is 12.4 Å². The van der Waals surface area contributed by atoms with Crippen LogP contribution in [0.5, 0.6) is 5.75 Å². The van der Waals surface area contributed by atoms with Gasteiger partial charge in [-0.25, -0.2) is 0 Å². The molecule has 112 valence electrons. The van der Waals surface area contributed by atoms with Crippen molar-refractivity contribution in [1.29, 1.82) is 0 Å². The fourth-order valence-electron chi connectivity index (χ4n) is 4.31. The van der Waals surface area contributed by atoms with Crippen molar-refractivity contribution in [3.05, 3.63) is 72.3 Å². The molecule has 0 N–H and O–H groups in total. The van der Waals surface area contributed by atoms with Crippen molar-refractivity contribution in [2.75, 3.05) is 6.61 Å². The van der Waals surface area contributed by atoms with Gasteiger partial charge in [0, 0.05) is 10.9 Å². The zero-order valence-corrected chi connectivity index (χ0v) is 13.0. The van der Waals surface area contributed by atoms with Crippen LogP contribution in [0.3, 0.4) is 0 Å². The van der Waals surface area contributed by atoms with Crippen LogP contribution in [0.4, 0.5) is 0 Å². The molecule has 0 spiro atoms. The van der Waals surface area contributed by atoms with Gasteiger partial charge >= 0.3 is 0 Å². The molecule has 1 heteroatoms. The maximum Gasteiger partial charge on any atom is 0.128 e. The highest BCUT2D eigenvalue weighted by molar-refractivity contribution is 6.34. The molecule has 1 aliphatic rings. The molecular formula is C23H14O. The summed E-state index contributed by atoms with van der Waals surface area (Å²) in [5.41, 5.74) is 1.21. The molecule has 0 saturated heterocycles. The molecule has 0 radical (unpaired) electrons. The van der Waals surface area contributed by atoms with E-state index in [0.29, 0.717) is 6.61 Å². The van der Waals surface area contributed by atoms with E-state index in [-0.39, 0.29) is 0 Å². The third kappa shape index (κ3) is 1.40. The first kappa shape index (κ1) is 12.4. The van der Waals surface area contributed by atoms with Crippen LogP contribution >= 0.6 is 0 Å². The molecule has 0 bridgehead atoms. The highest BCUT2D eigenvalue weighted by Gasteiger charge is 2.18. The van der Waals surface area contributed by atoms with Crippen LogP contribution in [0.15, 0.2) is 66.7 Å². The lowest BCUT2D eigenvalue weighted by molar-refractivity contribution is 0.359. The molecular weight excluding hydrogens is 292 g/mol. The van der Waals surface area contributed by atoms with Crippen LogP contribution in [0.1, 0.15) is 5.56 Å². The van der Waals surface area contributed by atoms with Gasteiger partial charge in [-0.3, -0.25) is 0 Å². The summed E-state index contributed by atoms with van der Waals surface area (Å²) >= 11 is 0. The molecule has 5 aromatic rings. The summed E-state index contributed by atoms with van der Waals surface area (Å²) in [5.74, 6) is 0.994. The van der Waals surface area contributed by atoms with E-state index in [9.17, 15) is 0 Å². The monoisotopic (exact) mass is 306 g/mol. The molecule has 0 fully saturated rings. The van der Waals surface area contributed by atoms with Gasteiger partial charge in [-0.1, -0.05) is 60.7 Å². The topological polar surface area (TPSA) is 9.23 Å². The quantitative estimate of drug-likeness (QED) is 0.246. The molecule has 24 heavy (non-hydrogen) atoms. The summed E-state index contributed by atoms with van der Waals surface area (Å²) in [6.45, 7) is 0.651. The van der Waals surface area contributed by atoms with Gasteiger partial charge in [0.15, 0.2) is 0 Å². The Hall–Kier alpha value is -3.06. The lowest BCUT2D eigenvalue weighted by Gasteiger charge is -2.20. The van der Waals surface area contributed by atoms with Crippen molar-refractivity contribution >= 4 is 49.2 Å². The van der Waals surface area contributed by atoms with E-state index in [1.54, 1.807) is 0 Å². The zero-order valence-electron chi connectivity index (χ0n) is 13.0. The van der Waals surface area contributed by atoms with Crippen molar-refractivity contribution in [3.8, 4) is 5.75 Å². The molecule has 0 amide bonds. The van der Waals surface area contributed by atoms with E-state index in [1.165, 1.54) is 48.7 Å². The van der Waals surface area contributed by atoms with E-state index >= 15 is 0 Å². The van der Waals surface area contributed by atoms with Crippen molar-refractivity contribution in [2.45, 2.75) is 0 Å². The van der Waals surface area contributed by atoms with Crippen LogP contribution in [0.2, 0.25) is 0 Å². The Morgan fingerprint density at radius 1 is 0.667 bits per heavy atom. The summed E-state index contributed by atoms with van der Waals surface area (Å²) in [4.78, 5) is 0. The maximum absolute atomic E-state index is 5.94. The summed E-state index contributed by atoms with van der Waals surface area (Å²) in [5, 5.41) is 10.5. The third-order valence-electron chi connectivity index (χ3n) is 5.25. The number of hydrogen-bond acceptors (Lipinski definition) is 1. The van der Waals surface area contributed by atoms with Gasteiger partial charge in [0.25, 0.3) is 0 Å². The van der Waals surface area contributed by atoms with E-state index in [0.717, 1.165) is 5.75 Å². The van der Waals surface area contributed by atoms with Gasteiger partial charge in [-0.15, -0.1) is 0 Å². The van der Waals surface area contributed by atoms with Crippen LogP contribution in [-0.4, -0.2) is 6.61 Å². The minimum absolute atomic E-state index is 0.651. The van der Waals surface area contributed by atoms with Crippen LogP contribution in [0, 0.1) is 0 Å². The minimum Gasteiger partial charge on any atom is -0.489 e. The van der Waals surface area contributed by atoms with Crippen molar-refractivity contribution < 1.29 is 4.74 Å². The molecule has 1 nitrogen and oxygen atoms in total. The van der Waals surface area contributed by atoms with E-state index in [4.69, 9.17) is 4.74 Å². The largest absolute Gasteiger partial charge is 0.489 e. The summed E-state index contributed by atoms with van der Waals surface area (Å²) in [7, 11) is 0. The Morgan fingerprint density at radius 3 is 2.21 bits per heavy atom. The SMILES string of the molecule is C1=Cc2c(cc3cccc4c5cccc6cccc(c2c34)c65)OC1. The van der Waals surface area contributed by atoms with E-state index in [1.807, 2.05) is 0 Å². The lowest BCUT2D eigenvalue weighted by atomic mass is 9.87. The van der Waals surface area contributed by atoms with Gasteiger partial charge in [-0.2, -0.15) is 0 Å². The first-order chi connectivity index (χ1) is 11.9. The average Bonchev–Trinajstić information content (AvgIpc) is 2.64. The summed E-state index contributed by atoms with van der Waals surface area (Å²) in [6, 6.07) is 22.0. The fraction of sp³-hybridized carbons (Fsp3) is 0.0435. The molecule has 5 aromatic carbocycles. The number of rotatable bonds is 0. The van der Waals surface area contributed by atoms with Crippen molar-refractivity contribution in [2.24, 2.45) is 0 Å². The Labute approximate surface area is 139 Å². The molecule has 0 aliphatic carbocycles. The zero-order chi connectivity index (χ0) is 15.7. The standard InChI is InChI=1S/C23H14O/c1-5-14-6-2-10-19-21(14)16(8-1)17-9-3-7-15-13-20-18(11-4-12-24-20)23(19)22(15)17/h1-11,13H,12H2. The second-order valence-electron chi connectivity index (χ2n) is 6.49. The van der Waals surface area contributed by atoms with Crippen molar-refractivity contribution in [3.63, 3.8) is 0 Å². The fourth-order valence-corrected chi connectivity index (χ4v) is 4.31. The highest BCUT2D eigenvalue weighted by Crippen LogP contribution is 2.45. The van der Waals surface area contributed by atoms with Gasteiger partial charge in [0.2, 0.25) is 0 Å². The van der Waals surface area contributed by atoms with Crippen LogP contribution < -0.4 is 4.74 Å². The lowest BCUT2D eigenvalue weighted by Crippen LogP contribution is -2.01. The molecule has 0 aromatic heterocycles. The number of fused-ring (bicyclic) bond motifs is 4. The molecule has 0 saturated carbocycles. The number of ether oxygens (including phenoxy) is 1. The second kappa shape index (κ2) is 4.27. The van der Waals surface area contributed by atoms with E-state index < -0.39 is 0 Å². The first-order valence-corrected chi connectivity index (χ1v) is 8.33. The van der Waals surface area contributed by atoms with Crippen molar-refractivity contribution in [1.82, 2.24) is 0 Å². The molecule has 1 heterocycles. The molecule has 1 aliphatic heterocycles. The average molecular weight is 306 g/mol. The second-order valence-corrected chi connectivity index (χ2v) is 6.49. The van der Waals surface area contributed by atoms with Gasteiger partial charge in [-0.05, 0) is 49.8 Å². The van der Waals surface area contributed by atoms with Gasteiger partial charge < -0.3 is 4.74 Å². The van der Waals surface area contributed by atoms with Crippen LogP contribution in [-0.2, 0) is 0 Å². The molecule has 6 rings (SSSR count). The predicted octanol–water partition coefficient (Wildman–Crippen LogP) is 6.14. The highest BCUT2D eigenvalue weighted by atomic mass is 16.5. The third-order valence-corrected chi connectivity index (χ3v) is 5.25. The summed E-state index contributed by atoms with van der Waals surface area (Å²) < 4.78 is 5.94. The van der Waals surface area contributed by atoms with Gasteiger partial charge in [0.05, 0.1) is 0 Å². The molecule has 0 unspecified atom stereocenters. The van der Waals surface area contributed by atoms with Crippen LogP contribution in [0.25, 0.3) is 49.2 Å². The minimum atomic E-state index is 0.651. The smallest absolute Gasteiger partial charge is 0.128 e. The predicted molar refractivity (Wildman–Crippen MR) is 102 cm³/mol. The number of benzene rings is 5. The number of hydrogen-bond donors (Lipinski definition) is 0. The summed E-state index contributed by atoms with van der Waals surface area (Å²) in [6.07, 6.45) is 4.32. The maximum atomic E-state index is 5.94. The normalized spacial score (nSPS) is 13.8. The van der Waals surface area contributed by atoms with E-state index in [2.05, 4.69) is 72.8 Å². The Kier molecular flexibility index (Phi) is 2.20. The Morgan fingerprint density at radius 2 is 1.38 bits per heavy atom. The Balaban J connectivity index is 2.07. The molecule has 0 atom stereocenters.